The summed E-state index contributed by atoms with van der Waals surface area (Å²) in [5.74, 6) is -0.541. The van der Waals surface area contributed by atoms with E-state index in [2.05, 4.69) is 11.7 Å². The molecule has 2 rings (SSSR count). The third-order valence-electron chi connectivity index (χ3n) is 3.23. The van der Waals surface area contributed by atoms with Crippen LogP contribution in [0.25, 0.3) is 11.1 Å². The molecule has 23 heavy (non-hydrogen) atoms. The summed E-state index contributed by atoms with van der Waals surface area (Å²) in [5.41, 5.74) is 2.71. The summed E-state index contributed by atoms with van der Waals surface area (Å²) in [6, 6.07) is 12.8. The van der Waals surface area contributed by atoms with Crippen LogP contribution in [0.5, 0.6) is 5.75 Å². The van der Waals surface area contributed by atoms with E-state index in [1.54, 1.807) is 0 Å². The molecule has 0 radical (unpaired) electrons. The zero-order chi connectivity index (χ0) is 17.1. The molecule has 0 atom stereocenters. The Bertz CT molecular complexity index is 647. The number of rotatable bonds is 5. The van der Waals surface area contributed by atoms with E-state index >= 15 is 0 Å². The van der Waals surface area contributed by atoms with Gasteiger partial charge in [-0.2, -0.15) is 22.0 Å². The van der Waals surface area contributed by atoms with Gasteiger partial charge in [-0.05, 0) is 35.2 Å². The highest BCUT2D eigenvalue weighted by Crippen LogP contribution is 2.37. The Labute approximate surface area is 130 Å². The van der Waals surface area contributed by atoms with E-state index in [0.717, 1.165) is 36.1 Å². The zero-order valence-electron chi connectivity index (χ0n) is 12.3. The molecule has 0 spiro atoms. The molecule has 6 heteroatoms. The first kappa shape index (κ1) is 17.2. The average Bonchev–Trinajstić information content (AvgIpc) is 2.47. The molecule has 0 aromatic heterocycles. The number of ether oxygens (including phenoxy) is 1. The molecule has 0 aliphatic rings. The third-order valence-corrected chi connectivity index (χ3v) is 3.23. The van der Waals surface area contributed by atoms with Crippen LogP contribution in [0.1, 0.15) is 18.9 Å². The van der Waals surface area contributed by atoms with Crippen LogP contribution < -0.4 is 4.74 Å². The van der Waals surface area contributed by atoms with Crippen LogP contribution in [0, 0.1) is 0 Å². The fourth-order valence-corrected chi connectivity index (χ4v) is 2.12. The van der Waals surface area contributed by atoms with Crippen molar-refractivity contribution in [2.24, 2.45) is 0 Å². The van der Waals surface area contributed by atoms with Gasteiger partial charge in [0.25, 0.3) is 0 Å². The fraction of sp³-hybridized carbons (Fsp3) is 0.294. The Hall–Kier alpha value is -2.11. The maximum Gasteiger partial charge on any atom is 0.499 e. The van der Waals surface area contributed by atoms with Crippen molar-refractivity contribution in [3.63, 3.8) is 0 Å². The molecule has 0 aliphatic heterocycles. The van der Waals surface area contributed by atoms with E-state index in [9.17, 15) is 22.0 Å². The van der Waals surface area contributed by atoms with Crippen LogP contribution >= 0.6 is 0 Å². The number of hydrogen-bond donors (Lipinski definition) is 0. The summed E-state index contributed by atoms with van der Waals surface area (Å²) in [7, 11) is 0. The molecule has 0 saturated heterocycles. The van der Waals surface area contributed by atoms with Gasteiger partial charge in [-0.1, -0.05) is 49.7 Å². The molecule has 0 fully saturated rings. The molecule has 2 aromatic rings. The quantitative estimate of drug-likeness (QED) is 0.626. The van der Waals surface area contributed by atoms with Crippen molar-refractivity contribution >= 4 is 0 Å². The van der Waals surface area contributed by atoms with Crippen LogP contribution in [-0.4, -0.2) is 12.3 Å². The average molecular weight is 330 g/mol. The number of halogens is 5. The fourth-order valence-electron chi connectivity index (χ4n) is 2.12. The first-order valence-electron chi connectivity index (χ1n) is 7.06. The summed E-state index contributed by atoms with van der Waals surface area (Å²) in [4.78, 5) is 0. The largest absolute Gasteiger partial charge is 0.499 e. The second-order valence-electron chi connectivity index (χ2n) is 5.09. The Morgan fingerprint density at radius 1 is 0.870 bits per heavy atom. The SMILES string of the molecule is CCCc1cccc(-c2ccc(OC(F)(F)C(F)(F)F)cc2)c1. The number of aryl methyl sites for hydroxylation is 1. The second-order valence-corrected chi connectivity index (χ2v) is 5.09. The van der Waals surface area contributed by atoms with Crippen molar-refractivity contribution in [1.82, 2.24) is 0 Å². The van der Waals surface area contributed by atoms with Gasteiger partial charge in [-0.25, -0.2) is 0 Å². The van der Waals surface area contributed by atoms with Crippen LogP contribution in [0.4, 0.5) is 22.0 Å². The normalized spacial score (nSPS) is 12.3. The van der Waals surface area contributed by atoms with Crippen molar-refractivity contribution < 1.29 is 26.7 Å². The predicted octanol–water partition coefficient (Wildman–Crippen LogP) is 5.84. The maximum absolute atomic E-state index is 12.8. The molecule has 0 unspecified atom stereocenters. The molecule has 2 aromatic carbocycles. The molecular weight excluding hydrogens is 315 g/mol. The van der Waals surface area contributed by atoms with Gasteiger partial charge < -0.3 is 4.74 Å². The lowest BCUT2D eigenvalue weighted by molar-refractivity contribution is -0.360. The van der Waals surface area contributed by atoms with E-state index in [-0.39, 0.29) is 0 Å². The molecule has 0 amide bonds. The smallest absolute Gasteiger partial charge is 0.426 e. The minimum atomic E-state index is -5.75. The minimum Gasteiger partial charge on any atom is -0.426 e. The van der Waals surface area contributed by atoms with Gasteiger partial charge in [-0.15, -0.1) is 0 Å². The number of alkyl halides is 5. The van der Waals surface area contributed by atoms with Crippen LogP contribution in [0.2, 0.25) is 0 Å². The summed E-state index contributed by atoms with van der Waals surface area (Å²) in [5, 5.41) is 0. The lowest BCUT2D eigenvalue weighted by Gasteiger charge is -2.20. The first-order valence-corrected chi connectivity index (χ1v) is 7.06. The predicted molar refractivity (Wildman–Crippen MR) is 77.5 cm³/mol. The van der Waals surface area contributed by atoms with Crippen molar-refractivity contribution in [2.75, 3.05) is 0 Å². The molecule has 0 saturated carbocycles. The standard InChI is InChI=1S/C17H15F5O/c1-2-4-12-5-3-6-14(11-12)13-7-9-15(10-8-13)23-17(21,22)16(18,19)20/h3,5-11H,2,4H2,1H3. The van der Waals surface area contributed by atoms with Gasteiger partial charge >= 0.3 is 12.3 Å². The summed E-state index contributed by atoms with van der Waals surface area (Å²) in [6.45, 7) is 2.06. The van der Waals surface area contributed by atoms with Crippen molar-refractivity contribution in [3.8, 4) is 16.9 Å². The number of benzene rings is 2. The first-order chi connectivity index (χ1) is 10.7. The molecule has 0 heterocycles. The molecule has 1 nitrogen and oxygen atoms in total. The van der Waals surface area contributed by atoms with E-state index in [0.29, 0.717) is 5.56 Å². The van der Waals surface area contributed by atoms with Crippen LogP contribution in [0.3, 0.4) is 0 Å². The van der Waals surface area contributed by atoms with Gasteiger partial charge in [0, 0.05) is 0 Å². The minimum absolute atomic E-state index is 0.541. The monoisotopic (exact) mass is 330 g/mol. The summed E-state index contributed by atoms with van der Waals surface area (Å²) < 4.78 is 65.7. The topological polar surface area (TPSA) is 9.23 Å². The highest BCUT2D eigenvalue weighted by atomic mass is 19.4. The van der Waals surface area contributed by atoms with Crippen molar-refractivity contribution in [3.05, 3.63) is 54.1 Å². The number of hydrogen-bond acceptors (Lipinski definition) is 1. The van der Waals surface area contributed by atoms with E-state index in [4.69, 9.17) is 0 Å². The molecular formula is C17H15F5O. The van der Waals surface area contributed by atoms with Crippen LogP contribution in [0.15, 0.2) is 48.5 Å². The van der Waals surface area contributed by atoms with Gasteiger partial charge in [0.1, 0.15) is 5.75 Å². The molecule has 124 valence electrons. The Kier molecular flexibility index (Phi) is 4.92. The van der Waals surface area contributed by atoms with Gasteiger partial charge in [0.15, 0.2) is 0 Å². The molecule has 0 N–H and O–H groups in total. The second kappa shape index (κ2) is 6.56. The maximum atomic E-state index is 12.8. The van der Waals surface area contributed by atoms with Gasteiger partial charge in [0.2, 0.25) is 0 Å². The molecule has 0 bridgehead atoms. The lowest BCUT2D eigenvalue weighted by Crippen LogP contribution is -2.41. The summed E-state index contributed by atoms with van der Waals surface area (Å²) in [6.07, 6.45) is -9.06. The highest BCUT2D eigenvalue weighted by molar-refractivity contribution is 5.64. The Morgan fingerprint density at radius 2 is 1.52 bits per heavy atom. The van der Waals surface area contributed by atoms with Crippen LogP contribution in [-0.2, 0) is 6.42 Å². The summed E-state index contributed by atoms with van der Waals surface area (Å²) >= 11 is 0. The van der Waals surface area contributed by atoms with Crippen molar-refractivity contribution in [2.45, 2.75) is 32.1 Å². The third kappa shape index (κ3) is 4.21. The zero-order valence-corrected chi connectivity index (χ0v) is 12.3. The lowest BCUT2D eigenvalue weighted by atomic mass is 10.0. The van der Waals surface area contributed by atoms with Crippen molar-refractivity contribution in [1.29, 1.82) is 0 Å². The molecule has 0 aliphatic carbocycles. The van der Waals surface area contributed by atoms with Gasteiger partial charge in [0.05, 0.1) is 0 Å². The van der Waals surface area contributed by atoms with E-state index in [1.165, 1.54) is 12.1 Å². The highest BCUT2D eigenvalue weighted by Gasteiger charge is 2.61. The van der Waals surface area contributed by atoms with Gasteiger partial charge in [-0.3, -0.25) is 0 Å². The Balaban J connectivity index is 2.18. The Morgan fingerprint density at radius 3 is 2.09 bits per heavy atom. The van der Waals surface area contributed by atoms with E-state index in [1.807, 2.05) is 24.3 Å². The van der Waals surface area contributed by atoms with E-state index < -0.39 is 18.0 Å².